The standard InChI is InChI=1S/C10H16F2O3/c1-3-4-9(8(13)14-2)5-6-15-7-10(9,11)12/h3-7H2,1-2H3. The zero-order valence-corrected chi connectivity index (χ0v) is 9.02. The van der Waals surface area contributed by atoms with E-state index in [1.165, 1.54) is 0 Å². The molecule has 5 heteroatoms. The molecule has 1 aliphatic rings. The first-order chi connectivity index (χ1) is 7.00. The lowest BCUT2D eigenvalue weighted by Crippen LogP contribution is -2.54. The van der Waals surface area contributed by atoms with Crippen LogP contribution in [-0.2, 0) is 14.3 Å². The largest absolute Gasteiger partial charge is 0.468 e. The van der Waals surface area contributed by atoms with E-state index in [-0.39, 0.29) is 19.4 Å². The second kappa shape index (κ2) is 4.43. The van der Waals surface area contributed by atoms with E-state index in [2.05, 4.69) is 4.74 Å². The summed E-state index contributed by atoms with van der Waals surface area (Å²) in [6.45, 7) is 1.27. The number of alkyl halides is 2. The molecule has 1 unspecified atom stereocenters. The molecule has 0 aromatic rings. The molecular formula is C10H16F2O3. The first-order valence-electron chi connectivity index (χ1n) is 5.04. The Kier molecular flexibility index (Phi) is 3.65. The van der Waals surface area contributed by atoms with Crippen LogP contribution in [-0.4, -0.2) is 32.2 Å². The molecule has 0 aromatic carbocycles. The molecule has 1 fully saturated rings. The Morgan fingerprint density at radius 2 is 2.20 bits per heavy atom. The minimum Gasteiger partial charge on any atom is -0.468 e. The van der Waals surface area contributed by atoms with Crippen LogP contribution in [0.1, 0.15) is 26.2 Å². The Morgan fingerprint density at radius 1 is 1.53 bits per heavy atom. The zero-order valence-electron chi connectivity index (χ0n) is 9.02. The maximum Gasteiger partial charge on any atom is 0.318 e. The maximum absolute atomic E-state index is 13.7. The zero-order chi connectivity index (χ0) is 11.5. The van der Waals surface area contributed by atoms with Crippen molar-refractivity contribution in [3.8, 4) is 0 Å². The number of hydrogen-bond acceptors (Lipinski definition) is 3. The summed E-state index contributed by atoms with van der Waals surface area (Å²) in [5.41, 5.74) is -1.69. The van der Waals surface area contributed by atoms with E-state index in [9.17, 15) is 13.6 Å². The van der Waals surface area contributed by atoms with Crippen molar-refractivity contribution in [1.29, 1.82) is 0 Å². The monoisotopic (exact) mass is 222 g/mol. The van der Waals surface area contributed by atoms with Gasteiger partial charge < -0.3 is 9.47 Å². The maximum atomic E-state index is 13.7. The third-order valence-electron chi connectivity index (χ3n) is 2.91. The lowest BCUT2D eigenvalue weighted by Gasteiger charge is -2.40. The fourth-order valence-electron chi connectivity index (χ4n) is 2.05. The number of methoxy groups -OCH3 is 1. The number of carbonyl (C=O) groups is 1. The molecule has 1 aliphatic heterocycles. The van der Waals surface area contributed by atoms with E-state index >= 15 is 0 Å². The van der Waals surface area contributed by atoms with Crippen LogP contribution in [0.2, 0.25) is 0 Å². The predicted octanol–water partition coefficient (Wildman–Crippen LogP) is 2.00. The Labute approximate surface area is 87.7 Å². The molecule has 0 spiro atoms. The van der Waals surface area contributed by atoms with Crippen molar-refractivity contribution in [2.24, 2.45) is 5.41 Å². The van der Waals surface area contributed by atoms with Gasteiger partial charge in [0.2, 0.25) is 0 Å². The van der Waals surface area contributed by atoms with Gasteiger partial charge in [-0.15, -0.1) is 0 Å². The van der Waals surface area contributed by atoms with E-state index in [1.807, 2.05) is 0 Å². The minimum atomic E-state index is -3.13. The summed E-state index contributed by atoms with van der Waals surface area (Å²) in [6, 6.07) is 0. The molecule has 3 nitrogen and oxygen atoms in total. The molecule has 1 atom stereocenters. The van der Waals surface area contributed by atoms with Gasteiger partial charge in [-0.3, -0.25) is 4.79 Å². The molecule has 0 N–H and O–H groups in total. The Bertz CT molecular complexity index is 239. The first-order valence-corrected chi connectivity index (χ1v) is 5.04. The van der Waals surface area contributed by atoms with Gasteiger partial charge in [0, 0.05) is 6.61 Å². The van der Waals surface area contributed by atoms with E-state index < -0.39 is 23.9 Å². The number of esters is 1. The van der Waals surface area contributed by atoms with E-state index in [4.69, 9.17) is 4.74 Å². The van der Waals surface area contributed by atoms with Gasteiger partial charge in [-0.05, 0) is 12.8 Å². The van der Waals surface area contributed by atoms with Crippen molar-refractivity contribution in [2.45, 2.75) is 32.1 Å². The molecule has 0 saturated carbocycles. The highest BCUT2D eigenvalue weighted by atomic mass is 19.3. The second-order valence-electron chi connectivity index (χ2n) is 3.83. The van der Waals surface area contributed by atoms with Crippen molar-refractivity contribution in [2.75, 3.05) is 20.3 Å². The summed E-state index contributed by atoms with van der Waals surface area (Å²) in [7, 11) is 1.14. The number of ether oxygens (including phenoxy) is 2. The van der Waals surface area contributed by atoms with Crippen molar-refractivity contribution in [3.05, 3.63) is 0 Å². The SMILES string of the molecule is CCCC1(C(=O)OC)CCOCC1(F)F. The van der Waals surface area contributed by atoms with Crippen LogP contribution in [0.25, 0.3) is 0 Å². The molecule has 0 amide bonds. The van der Waals surface area contributed by atoms with Crippen molar-refractivity contribution in [1.82, 2.24) is 0 Å². The normalized spacial score (nSPS) is 29.9. The number of rotatable bonds is 3. The third-order valence-corrected chi connectivity index (χ3v) is 2.91. The number of halogens is 2. The van der Waals surface area contributed by atoms with Gasteiger partial charge >= 0.3 is 5.97 Å². The smallest absolute Gasteiger partial charge is 0.318 e. The fraction of sp³-hybridized carbons (Fsp3) is 0.900. The van der Waals surface area contributed by atoms with Gasteiger partial charge in [0.05, 0.1) is 7.11 Å². The van der Waals surface area contributed by atoms with Gasteiger partial charge in [0.1, 0.15) is 12.0 Å². The summed E-state index contributed by atoms with van der Waals surface area (Å²) >= 11 is 0. The van der Waals surface area contributed by atoms with Gasteiger partial charge in [0.25, 0.3) is 5.92 Å². The van der Waals surface area contributed by atoms with Crippen molar-refractivity contribution >= 4 is 5.97 Å². The molecule has 0 aliphatic carbocycles. The summed E-state index contributed by atoms with van der Waals surface area (Å²) in [5, 5.41) is 0. The molecular weight excluding hydrogens is 206 g/mol. The second-order valence-corrected chi connectivity index (χ2v) is 3.83. The molecule has 15 heavy (non-hydrogen) atoms. The Morgan fingerprint density at radius 3 is 2.67 bits per heavy atom. The molecule has 1 saturated heterocycles. The van der Waals surface area contributed by atoms with Gasteiger partial charge in [-0.1, -0.05) is 13.3 Å². The highest BCUT2D eigenvalue weighted by Crippen LogP contribution is 2.47. The third kappa shape index (κ3) is 1.97. The predicted molar refractivity (Wildman–Crippen MR) is 49.7 cm³/mol. The van der Waals surface area contributed by atoms with E-state index in [0.717, 1.165) is 7.11 Å². The average Bonchev–Trinajstić information content (AvgIpc) is 2.20. The van der Waals surface area contributed by atoms with Gasteiger partial charge in [-0.25, -0.2) is 8.78 Å². The summed E-state index contributed by atoms with van der Waals surface area (Å²) in [4.78, 5) is 11.5. The Hall–Kier alpha value is -0.710. The van der Waals surface area contributed by atoms with Crippen molar-refractivity contribution < 1.29 is 23.0 Å². The van der Waals surface area contributed by atoms with Gasteiger partial charge in [0.15, 0.2) is 0 Å². The molecule has 1 heterocycles. The van der Waals surface area contributed by atoms with Crippen LogP contribution in [0.5, 0.6) is 0 Å². The van der Waals surface area contributed by atoms with Crippen LogP contribution in [0.15, 0.2) is 0 Å². The summed E-state index contributed by atoms with van der Waals surface area (Å²) < 4.78 is 36.7. The topological polar surface area (TPSA) is 35.5 Å². The number of hydrogen-bond donors (Lipinski definition) is 0. The van der Waals surface area contributed by atoms with Crippen LogP contribution in [0.4, 0.5) is 8.78 Å². The highest BCUT2D eigenvalue weighted by Gasteiger charge is 2.60. The fourth-order valence-corrected chi connectivity index (χ4v) is 2.05. The molecule has 88 valence electrons. The van der Waals surface area contributed by atoms with Crippen LogP contribution >= 0.6 is 0 Å². The average molecular weight is 222 g/mol. The lowest BCUT2D eigenvalue weighted by molar-refractivity contribution is -0.222. The summed E-state index contributed by atoms with van der Waals surface area (Å²) in [5.74, 6) is -3.95. The molecule has 1 rings (SSSR count). The van der Waals surface area contributed by atoms with Crippen LogP contribution in [0, 0.1) is 5.41 Å². The molecule has 0 aromatic heterocycles. The highest BCUT2D eigenvalue weighted by molar-refractivity contribution is 5.78. The first kappa shape index (κ1) is 12.4. The quantitative estimate of drug-likeness (QED) is 0.685. The Balaban J connectivity index is 3.00. The molecule has 0 bridgehead atoms. The van der Waals surface area contributed by atoms with Crippen LogP contribution < -0.4 is 0 Å². The summed E-state index contributed by atoms with van der Waals surface area (Å²) in [6.07, 6.45) is 0.682. The lowest BCUT2D eigenvalue weighted by atomic mass is 9.73. The van der Waals surface area contributed by atoms with E-state index in [1.54, 1.807) is 6.92 Å². The van der Waals surface area contributed by atoms with Crippen molar-refractivity contribution in [3.63, 3.8) is 0 Å². The minimum absolute atomic E-state index is 0.0283. The molecule has 0 radical (unpaired) electrons. The van der Waals surface area contributed by atoms with E-state index in [0.29, 0.717) is 6.42 Å². The van der Waals surface area contributed by atoms with Crippen LogP contribution in [0.3, 0.4) is 0 Å². The van der Waals surface area contributed by atoms with Gasteiger partial charge in [-0.2, -0.15) is 0 Å². The number of carbonyl (C=O) groups excluding carboxylic acids is 1.